The second-order valence-corrected chi connectivity index (χ2v) is 7.62. The van der Waals surface area contributed by atoms with Gasteiger partial charge in [0, 0.05) is 37.3 Å². The summed E-state index contributed by atoms with van der Waals surface area (Å²) in [5.74, 6) is 0.212. The molecule has 1 aromatic heterocycles. The second-order valence-electron chi connectivity index (χ2n) is 4.33. The molecule has 1 heterocycles. The van der Waals surface area contributed by atoms with E-state index in [1.807, 2.05) is 0 Å². The summed E-state index contributed by atoms with van der Waals surface area (Å²) in [5, 5.41) is 5.26. The smallest absolute Gasteiger partial charge is 0.148 e. The highest BCUT2D eigenvalue weighted by molar-refractivity contribution is 7.90. The molecule has 0 fully saturated rings. The van der Waals surface area contributed by atoms with Gasteiger partial charge in [-0.2, -0.15) is 0 Å². The lowest BCUT2D eigenvalue weighted by atomic mass is 10.4. The Morgan fingerprint density at radius 2 is 2.17 bits per heavy atom. The number of nitrogens with zero attached hydrogens (tertiary/aromatic N) is 1. The van der Waals surface area contributed by atoms with E-state index in [-0.39, 0.29) is 5.75 Å². The van der Waals surface area contributed by atoms with E-state index in [9.17, 15) is 8.42 Å². The van der Waals surface area contributed by atoms with Crippen LogP contribution in [0.5, 0.6) is 0 Å². The van der Waals surface area contributed by atoms with E-state index in [4.69, 9.17) is 0 Å². The summed E-state index contributed by atoms with van der Waals surface area (Å²) in [4.78, 5) is 3.72. The number of hydrogen-bond acceptors (Lipinski definition) is 5. The first-order valence-corrected chi connectivity index (χ1v) is 9.08. The van der Waals surface area contributed by atoms with Crippen molar-refractivity contribution in [2.24, 2.45) is 0 Å². The molecule has 0 bridgehead atoms. The van der Waals surface area contributed by atoms with Crippen LogP contribution in [0.4, 0.5) is 0 Å². The summed E-state index contributed by atoms with van der Waals surface area (Å²) in [6.07, 6.45) is 1.27. The van der Waals surface area contributed by atoms with Crippen LogP contribution in [0.15, 0.2) is 17.5 Å². The van der Waals surface area contributed by atoms with Crippen LogP contribution in [0.3, 0.4) is 0 Å². The van der Waals surface area contributed by atoms with Gasteiger partial charge < -0.3 is 5.32 Å². The summed E-state index contributed by atoms with van der Waals surface area (Å²) < 4.78 is 21.9. The molecule has 1 aromatic rings. The highest BCUT2D eigenvalue weighted by Crippen LogP contribution is 2.11. The van der Waals surface area contributed by atoms with Crippen molar-refractivity contribution in [3.8, 4) is 0 Å². The van der Waals surface area contributed by atoms with E-state index in [0.29, 0.717) is 6.54 Å². The van der Waals surface area contributed by atoms with Gasteiger partial charge in [-0.05, 0) is 18.0 Å². The minimum absolute atomic E-state index is 0.212. The van der Waals surface area contributed by atoms with Gasteiger partial charge in [-0.25, -0.2) is 8.42 Å². The highest BCUT2D eigenvalue weighted by atomic mass is 32.2. The normalized spacial score (nSPS) is 12.2. The van der Waals surface area contributed by atoms with Gasteiger partial charge in [-0.3, -0.25) is 4.90 Å². The molecule has 0 unspecified atom stereocenters. The zero-order chi connectivity index (χ0) is 13.4. The molecule has 1 rings (SSSR count). The zero-order valence-corrected chi connectivity index (χ0v) is 12.7. The average molecular weight is 290 g/mol. The maximum Gasteiger partial charge on any atom is 0.148 e. The maximum atomic E-state index is 10.9. The summed E-state index contributed by atoms with van der Waals surface area (Å²) in [6.45, 7) is 6.43. The lowest BCUT2D eigenvalue weighted by Crippen LogP contribution is -2.33. The first kappa shape index (κ1) is 15.6. The predicted molar refractivity (Wildman–Crippen MR) is 77.9 cm³/mol. The summed E-state index contributed by atoms with van der Waals surface area (Å²) >= 11 is 1.77. The Bertz CT molecular complexity index is 415. The molecular weight excluding hydrogens is 268 g/mol. The lowest BCUT2D eigenvalue weighted by Gasteiger charge is -2.19. The first-order chi connectivity index (χ1) is 8.51. The van der Waals surface area contributed by atoms with E-state index in [2.05, 4.69) is 34.7 Å². The number of sulfone groups is 1. The Hall–Kier alpha value is -0.430. The second kappa shape index (κ2) is 7.89. The molecule has 104 valence electrons. The zero-order valence-electron chi connectivity index (χ0n) is 11.1. The number of nitrogens with one attached hydrogen (secondary N) is 1. The number of thiophene rings is 1. The Morgan fingerprint density at radius 3 is 2.72 bits per heavy atom. The fraction of sp³-hybridized carbons (Fsp3) is 0.667. The van der Waals surface area contributed by atoms with E-state index in [1.54, 1.807) is 11.3 Å². The third-order valence-electron chi connectivity index (χ3n) is 2.66. The van der Waals surface area contributed by atoms with Crippen LogP contribution in [0.2, 0.25) is 0 Å². The van der Waals surface area contributed by atoms with E-state index in [1.165, 1.54) is 11.1 Å². The van der Waals surface area contributed by atoms with Gasteiger partial charge in [-0.1, -0.05) is 13.0 Å². The lowest BCUT2D eigenvalue weighted by molar-refractivity contribution is 0.282. The van der Waals surface area contributed by atoms with Gasteiger partial charge in [0.05, 0.1) is 5.75 Å². The van der Waals surface area contributed by atoms with Crippen molar-refractivity contribution in [3.05, 3.63) is 22.4 Å². The van der Waals surface area contributed by atoms with Crippen LogP contribution < -0.4 is 5.32 Å². The van der Waals surface area contributed by atoms with E-state index < -0.39 is 9.84 Å². The van der Waals surface area contributed by atoms with Crippen molar-refractivity contribution in [3.63, 3.8) is 0 Å². The molecule has 0 spiro atoms. The van der Waals surface area contributed by atoms with Crippen molar-refractivity contribution < 1.29 is 8.42 Å². The molecule has 0 saturated heterocycles. The monoisotopic (exact) mass is 290 g/mol. The molecule has 18 heavy (non-hydrogen) atoms. The van der Waals surface area contributed by atoms with Crippen molar-refractivity contribution in [1.29, 1.82) is 0 Å². The van der Waals surface area contributed by atoms with Crippen molar-refractivity contribution >= 4 is 21.2 Å². The molecule has 6 heteroatoms. The fourth-order valence-corrected chi connectivity index (χ4v) is 2.85. The Morgan fingerprint density at radius 1 is 1.39 bits per heavy atom. The van der Waals surface area contributed by atoms with Crippen molar-refractivity contribution in [1.82, 2.24) is 10.2 Å². The molecular formula is C12H22N2O2S2. The number of rotatable bonds is 9. The molecule has 0 atom stereocenters. The first-order valence-electron chi connectivity index (χ1n) is 6.14. The number of likely N-dealkylation sites (N-methyl/N-ethyl adjacent to an activating group) is 1. The van der Waals surface area contributed by atoms with Crippen LogP contribution in [0.1, 0.15) is 11.8 Å². The Balaban J connectivity index is 2.16. The molecule has 0 aliphatic heterocycles. The summed E-state index contributed by atoms with van der Waals surface area (Å²) in [7, 11) is -2.85. The predicted octanol–water partition coefficient (Wildman–Crippen LogP) is 1.20. The third kappa shape index (κ3) is 7.10. The fourth-order valence-electron chi connectivity index (χ4n) is 1.59. The van der Waals surface area contributed by atoms with Gasteiger partial charge in [0.25, 0.3) is 0 Å². The van der Waals surface area contributed by atoms with Gasteiger partial charge in [-0.15, -0.1) is 11.3 Å². The molecule has 0 aliphatic rings. The highest BCUT2D eigenvalue weighted by Gasteiger charge is 2.05. The standard InChI is InChI=1S/C12H22N2O2S2/c1-3-14(11-12-5-4-9-17-12)8-6-13-7-10-18(2,15)16/h4-5,9,13H,3,6-8,10-11H2,1-2H3. The van der Waals surface area contributed by atoms with Crippen LogP contribution in [0, 0.1) is 0 Å². The Labute approximate surface area is 114 Å². The largest absolute Gasteiger partial charge is 0.314 e. The van der Waals surface area contributed by atoms with Crippen LogP contribution in [0.25, 0.3) is 0 Å². The molecule has 0 radical (unpaired) electrons. The van der Waals surface area contributed by atoms with Gasteiger partial charge in [0.15, 0.2) is 0 Å². The molecule has 0 saturated carbocycles. The molecule has 0 aliphatic carbocycles. The quantitative estimate of drug-likeness (QED) is 0.695. The average Bonchev–Trinajstić information content (AvgIpc) is 2.78. The van der Waals surface area contributed by atoms with Gasteiger partial charge in [0.2, 0.25) is 0 Å². The molecule has 1 N–H and O–H groups in total. The number of hydrogen-bond donors (Lipinski definition) is 1. The van der Waals surface area contributed by atoms with Gasteiger partial charge >= 0.3 is 0 Å². The maximum absolute atomic E-state index is 10.9. The SMILES string of the molecule is CCN(CCNCCS(C)(=O)=O)Cc1cccs1. The molecule has 4 nitrogen and oxygen atoms in total. The van der Waals surface area contributed by atoms with Crippen molar-refractivity contribution in [2.45, 2.75) is 13.5 Å². The third-order valence-corrected chi connectivity index (χ3v) is 4.47. The van der Waals surface area contributed by atoms with Crippen LogP contribution in [-0.2, 0) is 16.4 Å². The minimum Gasteiger partial charge on any atom is -0.314 e. The van der Waals surface area contributed by atoms with E-state index >= 15 is 0 Å². The summed E-state index contributed by atoms with van der Waals surface area (Å²) in [6, 6.07) is 4.21. The topological polar surface area (TPSA) is 49.4 Å². The minimum atomic E-state index is -2.85. The van der Waals surface area contributed by atoms with Crippen molar-refractivity contribution in [2.75, 3.05) is 38.2 Å². The van der Waals surface area contributed by atoms with E-state index in [0.717, 1.165) is 26.2 Å². The Kier molecular flexibility index (Phi) is 6.85. The van der Waals surface area contributed by atoms with Crippen LogP contribution >= 0.6 is 11.3 Å². The molecule has 0 amide bonds. The van der Waals surface area contributed by atoms with Crippen LogP contribution in [-0.4, -0.2) is 51.5 Å². The summed E-state index contributed by atoms with van der Waals surface area (Å²) in [5.41, 5.74) is 0. The molecule has 0 aromatic carbocycles. The van der Waals surface area contributed by atoms with Gasteiger partial charge in [0.1, 0.15) is 9.84 Å².